The SMILES string of the molecule is Cc1nc2cc(C3(C(=O)NN)CC3)ccc2o1. The highest BCUT2D eigenvalue weighted by atomic mass is 16.3. The van der Waals surface area contributed by atoms with E-state index in [1.807, 2.05) is 18.2 Å². The van der Waals surface area contributed by atoms with Gasteiger partial charge in [0.15, 0.2) is 11.5 Å². The lowest BCUT2D eigenvalue weighted by atomic mass is 9.95. The van der Waals surface area contributed by atoms with Gasteiger partial charge >= 0.3 is 0 Å². The topological polar surface area (TPSA) is 81.2 Å². The number of nitrogens with two attached hydrogens (primary N) is 1. The molecular weight excluding hydrogens is 218 g/mol. The van der Waals surface area contributed by atoms with Crippen molar-refractivity contribution in [2.24, 2.45) is 5.84 Å². The molecule has 0 atom stereocenters. The third-order valence-corrected chi connectivity index (χ3v) is 3.36. The molecule has 0 unspecified atom stereocenters. The summed E-state index contributed by atoms with van der Waals surface area (Å²) in [7, 11) is 0. The maximum atomic E-state index is 11.8. The van der Waals surface area contributed by atoms with Crippen LogP contribution in [0.5, 0.6) is 0 Å². The molecule has 1 aromatic heterocycles. The van der Waals surface area contributed by atoms with Gasteiger partial charge in [-0.1, -0.05) is 6.07 Å². The predicted molar refractivity (Wildman–Crippen MR) is 62.0 cm³/mol. The van der Waals surface area contributed by atoms with Crippen LogP contribution in [0.4, 0.5) is 0 Å². The largest absolute Gasteiger partial charge is 0.441 e. The van der Waals surface area contributed by atoms with Crippen molar-refractivity contribution in [2.75, 3.05) is 0 Å². The molecule has 5 nitrogen and oxygen atoms in total. The van der Waals surface area contributed by atoms with Crippen molar-refractivity contribution in [1.29, 1.82) is 0 Å². The Balaban J connectivity index is 2.09. The normalized spacial score (nSPS) is 17.1. The number of carbonyl (C=O) groups is 1. The lowest BCUT2D eigenvalue weighted by Gasteiger charge is -2.12. The number of hydrogen-bond donors (Lipinski definition) is 2. The Morgan fingerprint density at radius 2 is 2.29 bits per heavy atom. The molecule has 0 saturated heterocycles. The molecule has 0 radical (unpaired) electrons. The second-order valence-corrected chi connectivity index (χ2v) is 4.47. The Morgan fingerprint density at radius 3 is 2.94 bits per heavy atom. The number of nitrogens with one attached hydrogen (secondary N) is 1. The molecule has 3 rings (SSSR count). The van der Waals surface area contributed by atoms with Crippen molar-refractivity contribution in [3.63, 3.8) is 0 Å². The van der Waals surface area contributed by atoms with Crippen molar-refractivity contribution in [2.45, 2.75) is 25.2 Å². The lowest BCUT2D eigenvalue weighted by molar-refractivity contribution is -0.123. The van der Waals surface area contributed by atoms with E-state index in [4.69, 9.17) is 10.3 Å². The molecule has 1 heterocycles. The number of benzene rings is 1. The van der Waals surface area contributed by atoms with E-state index in [0.717, 1.165) is 29.5 Å². The Morgan fingerprint density at radius 1 is 1.53 bits per heavy atom. The molecule has 1 aromatic carbocycles. The van der Waals surface area contributed by atoms with Gasteiger partial charge in [0.2, 0.25) is 5.91 Å². The molecular formula is C12H13N3O2. The molecule has 0 bridgehead atoms. The quantitative estimate of drug-likeness (QED) is 0.461. The Labute approximate surface area is 98.0 Å². The van der Waals surface area contributed by atoms with Gasteiger partial charge in [-0.05, 0) is 30.5 Å². The Kier molecular flexibility index (Phi) is 2.00. The summed E-state index contributed by atoms with van der Waals surface area (Å²) in [5.41, 5.74) is 4.28. The highest BCUT2D eigenvalue weighted by Crippen LogP contribution is 2.48. The van der Waals surface area contributed by atoms with Gasteiger partial charge in [0.1, 0.15) is 5.52 Å². The van der Waals surface area contributed by atoms with E-state index in [1.54, 1.807) is 6.92 Å². The summed E-state index contributed by atoms with van der Waals surface area (Å²) < 4.78 is 5.41. The zero-order chi connectivity index (χ0) is 12.0. The van der Waals surface area contributed by atoms with E-state index in [-0.39, 0.29) is 5.91 Å². The second kappa shape index (κ2) is 3.30. The van der Waals surface area contributed by atoms with E-state index >= 15 is 0 Å². The van der Waals surface area contributed by atoms with Crippen molar-refractivity contribution in [1.82, 2.24) is 10.4 Å². The molecule has 3 N–H and O–H groups in total. The van der Waals surface area contributed by atoms with Crippen LogP contribution in [0.25, 0.3) is 11.1 Å². The fourth-order valence-electron chi connectivity index (χ4n) is 2.25. The van der Waals surface area contributed by atoms with Gasteiger partial charge in [-0.2, -0.15) is 0 Å². The molecule has 1 fully saturated rings. The van der Waals surface area contributed by atoms with Crippen LogP contribution in [0.1, 0.15) is 24.3 Å². The number of amides is 1. The lowest BCUT2D eigenvalue weighted by Crippen LogP contribution is -2.39. The number of rotatable bonds is 2. The van der Waals surface area contributed by atoms with Gasteiger partial charge in [0.05, 0.1) is 5.41 Å². The third-order valence-electron chi connectivity index (χ3n) is 3.36. The fourth-order valence-corrected chi connectivity index (χ4v) is 2.25. The van der Waals surface area contributed by atoms with Gasteiger partial charge in [-0.15, -0.1) is 0 Å². The van der Waals surface area contributed by atoms with Gasteiger partial charge in [0, 0.05) is 6.92 Å². The van der Waals surface area contributed by atoms with E-state index in [2.05, 4.69) is 10.4 Å². The van der Waals surface area contributed by atoms with E-state index in [9.17, 15) is 4.79 Å². The summed E-state index contributed by atoms with van der Waals surface area (Å²) in [5, 5.41) is 0. The first-order chi connectivity index (χ1) is 8.15. The number of aryl methyl sites for hydroxylation is 1. The molecule has 17 heavy (non-hydrogen) atoms. The maximum Gasteiger partial charge on any atom is 0.244 e. The van der Waals surface area contributed by atoms with E-state index in [1.165, 1.54) is 0 Å². The number of oxazole rings is 1. The highest BCUT2D eigenvalue weighted by Gasteiger charge is 2.51. The van der Waals surface area contributed by atoms with Crippen LogP contribution < -0.4 is 11.3 Å². The van der Waals surface area contributed by atoms with Crippen LogP contribution >= 0.6 is 0 Å². The molecule has 1 amide bonds. The molecule has 5 heteroatoms. The van der Waals surface area contributed by atoms with E-state index in [0.29, 0.717) is 5.89 Å². The van der Waals surface area contributed by atoms with Gasteiger partial charge in [-0.25, -0.2) is 10.8 Å². The average molecular weight is 231 g/mol. The molecule has 1 aliphatic carbocycles. The molecule has 0 aliphatic heterocycles. The third kappa shape index (κ3) is 1.43. The Bertz CT molecular complexity index is 599. The number of carbonyl (C=O) groups excluding carboxylic acids is 1. The number of nitrogens with zero attached hydrogens (tertiary/aromatic N) is 1. The summed E-state index contributed by atoms with van der Waals surface area (Å²) in [6.45, 7) is 1.80. The van der Waals surface area contributed by atoms with Gasteiger partial charge in [0.25, 0.3) is 0 Å². The molecule has 1 aliphatic rings. The zero-order valence-corrected chi connectivity index (χ0v) is 9.49. The monoisotopic (exact) mass is 231 g/mol. The fraction of sp³-hybridized carbons (Fsp3) is 0.333. The molecule has 0 spiro atoms. The Hall–Kier alpha value is -1.88. The van der Waals surface area contributed by atoms with Crippen LogP contribution in [0.3, 0.4) is 0 Å². The summed E-state index contributed by atoms with van der Waals surface area (Å²) in [6.07, 6.45) is 1.66. The summed E-state index contributed by atoms with van der Waals surface area (Å²) in [6, 6.07) is 5.68. The van der Waals surface area contributed by atoms with Crippen molar-refractivity contribution < 1.29 is 9.21 Å². The first kappa shape index (κ1) is 10.3. The first-order valence-electron chi connectivity index (χ1n) is 5.54. The minimum Gasteiger partial charge on any atom is -0.441 e. The number of hydrogen-bond acceptors (Lipinski definition) is 4. The number of fused-ring (bicyclic) bond motifs is 1. The summed E-state index contributed by atoms with van der Waals surface area (Å²) in [5.74, 6) is 5.72. The smallest absolute Gasteiger partial charge is 0.244 e. The molecule has 88 valence electrons. The minimum absolute atomic E-state index is 0.128. The zero-order valence-electron chi connectivity index (χ0n) is 9.49. The summed E-state index contributed by atoms with van der Waals surface area (Å²) in [4.78, 5) is 16.0. The maximum absolute atomic E-state index is 11.8. The second-order valence-electron chi connectivity index (χ2n) is 4.47. The average Bonchev–Trinajstić information content (AvgIpc) is 3.04. The van der Waals surface area contributed by atoms with Crippen LogP contribution in [0, 0.1) is 6.92 Å². The number of hydrazine groups is 1. The van der Waals surface area contributed by atoms with E-state index < -0.39 is 5.41 Å². The van der Waals surface area contributed by atoms with Gasteiger partial charge < -0.3 is 4.42 Å². The van der Waals surface area contributed by atoms with Crippen molar-refractivity contribution in [3.05, 3.63) is 29.7 Å². The first-order valence-corrected chi connectivity index (χ1v) is 5.54. The van der Waals surface area contributed by atoms with Crippen LogP contribution in [-0.2, 0) is 10.2 Å². The summed E-state index contributed by atoms with van der Waals surface area (Å²) >= 11 is 0. The predicted octanol–water partition coefficient (Wildman–Crippen LogP) is 1.16. The van der Waals surface area contributed by atoms with Gasteiger partial charge in [-0.3, -0.25) is 10.2 Å². The number of aromatic nitrogens is 1. The highest BCUT2D eigenvalue weighted by molar-refractivity contribution is 5.92. The van der Waals surface area contributed by atoms with Crippen LogP contribution in [-0.4, -0.2) is 10.9 Å². The van der Waals surface area contributed by atoms with Crippen LogP contribution in [0.15, 0.2) is 22.6 Å². The molecule has 1 saturated carbocycles. The minimum atomic E-state index is -0.449. The standard InChI is InChI=1S/C12H13N3O2/c1-7-14-9-6-8(2-3-10(9)17-7)12(4-5-12)11(16)15-13/h2-3,6H,4-5,13H2,1H3,(H,15,16). The van der Waals surface area contributed by atoms with Crippen molar-refractivity contribution in [3.8, 4) is 0 Å². The van der Waals surface area contributed by atoms with Crippen molar-refractivity contribution >= 4 is 17.0 Å². The molecule has 2 aromatic rings. The van der Waals surface area contributed by atoms with Crippen LogP contribution in [0.2, 0.25) is 0 Å².